The summed E-state index contributed by atoms with van der Waals surface area (Å²) < 4.78 is 38.4. The van der Waals surface area contributed by atoms with Gasteiger partial charge in [-0.2, -0.15) is 13.2 Å². The van der Waals surface area contributed by atoms with E-state index in [1.54, 1.807) is 0 Å². The molecule has 0 spiro atoms. The zero-order chi connectivity index (χ0) is 14.4. The Labute approximate surface area is 112 Å². The first-order chi connectivity index (χ1) is 8.59. The number of aliphatic hydroxyl groups is 1. The minimum atomic E-state index is -4.37. The second-order valence-electron chi connectivity index (χ2n) is 5.50. The molecule has 0 aliphatic carbocycles. The Morgan fingerprint density at radius 1 is 1.21 bits per heavy atom. The lowest BCUT2D eigenvalue weighted by Crippen LogP contribution is -2.17. The summed E-state index contributed by atoms with van der Waals surface area (Å²) in [7, 11) is 0. The van der Waals surface area contributed by atoms with Gasteiger partial charge in [0.1, 0.15) is 11.1 Å². The maximum Gasteiger partial charge on any atom is 0.416 e. The van der Waals surface area contributed by atoms with Gasteiger partial charge in [0, 0.05) is 0 Å². The van der Waals surface area contributed by atoms with Gasteiger partial charge >= 0.3 is 6.18 Å². The number of benzene rings is 1. The molecule has 2 rings (SSSR count). The van der Waals surface area contributed by atoms with Crippen LogP contribution < -0.4 is 0 Å². The second kappa shape index (κ2) is 4.45. The molecule has 1 aromatic carbocycles. The number of rotatable bonds is 1. The molecule has 0 amide bonds. The highest BCUT2D eigenvalue weighted by molar-refractivity contribution is 7.18. The molecule has 0 aliphatic heterocycles. The third-order valence-electron chi connectivity index (χ3n) is 2.79. The van der Waals surface area contributed by atoms with Crippen molar-refractivity contribution >= 4 is 21.6 Å². The molecule has 1 atom stereocenters. The summed E-state index contributed by atoms with van der Waals surface area (Å²) in [5.74, 6) is 0. The Bertz CT molecular complexity index is 598. The molecule has 0 bridgehead atoms. The minimum Gasteiger partial charge on any atom is -0.385 e. The highest BCUT2D eigenvalue weighted by atomic mass is 32.1. The van der Waals surface area contributed by atoms with Crippen LogP contribution >= 0.6 is 11.3 Å². The Kier molecular flexibility index (Phi) is 3.35. The number of nitrogens with zero attached hydrogens (tertiary/aromatic N) is 1. The standard InChI is InChI=1S/C13H14F3NOS/c1-12(2,3)10(18)11-17-8-6-7(13(14,15)16)4-5-9(8)19-11/h4-6,10,18H,1-3H3. The molecule has 1 unspecified atom stereocenters. The molecule has 104 valence electrons. The van der Waals surface area contributed by atoms with E-state index in [9.17, 15) is 18.3 Å². The summed E-state index contributed by atoms with van der Waals surface area (Å²) in [6.07, 6.45) is -5.17. The van der Waals surface area contributed by atoms with Gasteiger partial charge in [0.15, 0.2) is 0 Å². The number of halogens is 3. The lowest BCUT2D eigenvalue weighted by Gasteiger charge is -2.23. The van der Waals surface area contributed by atoms with Crippen LogP contribution in [0, 0.1) is 5.41 Å². The van der Waals surface area contributed by atoms with E-state index in [4.69, 9.17) is 0 Å². The fourth-order valence-corrected chi connectivity index (χ4v) is 2.79. The number of fused-ring (bicyclic) bond motifs is 1. The monoisotopic (exact) mass is 289 g/mol. The number of thiazole rings is 1. The van der Waals surface area contributed by atoms with Gasteiger partial charge in [0.2, 0.25) is 0 Å². The fraction of sp³-hybridized carbons (Fsp3) is 0.462. The number of hydrogen-bond donors (Lipinski definition) is 1. The Morgan fingerprint density at radius 2 is 1.84 bits per heavy atom. The van der Waals surface area contributed by atoms with Gasteiger partial charge in [-0.3, -0.25) is 0 Å². The first-order valence-corrected chi connectivity index (χ1v) is 6.56. The fourth-order valence-electron chi connectivity index (χ4n) is 1.61. The SMILES string of the molecule is CC(C)(C)C(O)c1nc2cc(C(F)(F)F)ccc2s1. The summed E-state index contributed by atoms with van der Waals surface area (Å²) >= 11 is 1.22. The summed E-state index contributed by atoms with van der Waals surface area (Å²) in [6, 6.07) is 3.45. The zero-order valence-corrected chi connectivity index (χ0v) is 11.6. The Morgan fingerprint density at radius 3 is 2.37 bits per heavy atom. The molecule has 0 aliphatic rings. The molecular weight excluding hydrogens is 275 g/mol. The maximum atomic E-state index is 12.6. The number of hydrogen-bond acceptors (Lipinski definition) is 3. The molecule has 1 aromatic heterocycles. The van der Waals surface area contributed by atoms with Crippen LogP contribution in [0.2, 0.25) is 0 Å². The summed E-state index contributed by atoms with van der Waals surface area (Å²) in [5.41, 5.74) is -0.846. The third kappa shape index (κ3) is 2.90. The molecule has 2 aromatic rings. The second-order valence-corrected chi connectivity index (χ2v) is 6.56. The van der Waals surface area contributed by atoms with Crippen molar-refractivity contribution in [1.29, 1.82) is 0 Å². The average Bonchev–Trinajstić information content (AvgIpc) is 2.67. The van der Waals surface area contributed by atoms with Crippen LogP contribution in [-0.4, -0.2) is 10.1 Å². The van der Waals surface area contributed by atoms with Gasteiger partial charge < -0.3 is 5.11 Å². The number of alkyl halides is 3. The first kappa shape index (κ1) is 14.3. The van der Waals surface area contributed by atoms with Crippen molar-refractivity contribution in [1.82, 2.24) is 4.98 Å². The topological polar surface area (TPSA) is 33.1 Å². The molecule has 19 heavy (non-hydrogen) atoms. The molecule has 0 fully saturated rings. The van der Waals surface area contributed by atoms with Crippen LogP contribution in [0.5, 0.6) is 0 Å². The van der Waals surface area contributed by atoms with Crippen molar-refractivity contribution < 1.29 is 18.3 Å². The number of aliphatic hydroxyl groups excluding tert-OH is 1. The predicted octanol–water partition coefficient (Wildman–Crippen LogP) is 4.39. The van der Waals surface area contributed by atoms with E-state index in [-0.39, 0.29) is 5.52 Å². The molecule has 1 N–H and O–H groups in total. The quantitative estimate of drug-likeness (QED) is 0.844. The van der Waals surface area contributed by atoms with E-state index >= 15 is 0 Å². The van der Waals surface area contributed by atoms with Gasteiger partial charge in [0.25, 0.3) is 0 Å². The van der Waals surface area contributed by atoms with Gasteiger partial charge in [-0.15, -0.1) is 11.3 Å². The lowest BCUT2D eigenvalue weighted by molar-refractivity contribution is -0.137. The van der Waals surface area contributed by atoms with Crippen molar-refractivity contribution in [2.24, 2.45) is 5.41 Å². The summed E-state index contributed by atoms with van der Waals surface area (Å²) in [5, 5.41) is 10.6. The van der Waals surface area contributed by atoms with E-state index in [0.717, 1.165) is 12.1 Å². The van der Waals surface area contributed by atoms with Crippen molar-refractivity contribution in [2.75, 3.05) is 0 Å². The van der Waals surface area contributed by atoms with E-state index < -0.39 is 23.3 Å². The molecular formula is C13H14F3NOS. The van der Waals surface area contributed by atoms with Crippen LogP contribution in [-0.2, 0) is 6.18 Å². The summed E-state index contributed by atoms with van der Waals surface area (Å²) in [6.45, 7) is 5.56. The normalized spacial score (nSPS) is 14.9. The van der Waals surface area contributed by atoms with Crippen molar-refractivity contribution in [2.45, 2.75) is 33.1 Å². The van der Waals surface area contributed by atoms with Gasteiger partial charge in [0.05, 0.1) is 15.8 Å². The van der Waals surface area contributed by atoms with Gasteiger partial charge in [-0.25, -0.2) is 4.98 Å². The van der Waals surface area contributed by atoms with Crippen molar-refractivity contribution in [3.63, 3.8) is 0 Å². The highest BCUT2D eigenvalue weighted by Gasteiger charge is 2.31. The Balaban J connectivity index is 2.47. The molecule has 0 saturated carbocycles. The number of aromatic nitrogens is 1. The predicted molar refractivity (Wildman–Crippen MR) is 69.0 cm³/mol. The minimum absolute atomic E-state index is 0.276. The van der Waals surface area contributed by atoms with E-state index in [1.807, 2.05) is 20.8 Å². The smallest absolute Gasteiger partial charge is 0.385 e. The highest BCUT2D eigenvalue weighted by Crippen LogP contribution is 2.38. The van der Waals surface area contributed by atoms with Crippen LogP contribution in [0.1, 0.15) is 37.4 Å². The van der Waals surface area contributed by atoms with Crippen LogP contribution in [0.4, 0.5) is 13.2 Å². The largest absolute Gasteiger partial charge is 0.416 e. The lowest BCUT2D eigenvalue weighted by atomic mass is 9.90. The molecule has 1 heterocycles. The summed E-state index contributed by atoms with van der Waals surface area (Å²) in [4.78, 5) is 4.12. The van der Waals surface area contributed by atoms with Crippen LogP contribution in [0.25, 0.3) is 10.2 Å². The van der Waals surface area contributed by atoms with Gasteiger partial charge in [-0.05, 0) is 23.6 Å². The maximum absolute atomic E-state index is 12.6. The third-order valence-corrected chi connectivity index (χ3v) is 3.87. The molecule has 6 heteroatoms. The zero-order valence-electron chi connectivity index (χ0n) is 10.7. The van der Waals surface area contributed by atoms with Crippen molar-refractivity contribution in [3.05, 3.63) is 28.8 Å². The molecule has 0 saturated heterocycles. The molecule has 0 radical (unpaired) electrons. The van der Waals surface area contributed by atoms with Crippen molar-refractivity contribution in [3.8, 4) is 0 Å². The van der Waals surface area contributed by atoms with Gasteiger partial charge in [-0.1, -0.05) is 20.8 Å². The Hall–Kier alpha value is -1.14. The van der Waals surface area contributed by atoms with E-state index in [2.05, 4.69) is 4.98 Å². The first-order valence-electron chi connectivity index (χ1n) is 5.75. The average molecular weight is 289 g/mol. The molecule has 2 nitrogen and oxygen atoms in total. The van der Waals surface area contributed by atoms with E-state index in [0.29, 0.717) is 9.71 Å². The van der Waals surface area contributed by atoms with Crippen LogP contribution in [0.15, 0.2) is 18.2 Å². The van der Waals surface area contributed by atoms with Crippen LogP contribution in [0.3, 0.4) is 0 Å². The van der Waals surface area contributed by atoms with E-state index in [1.165, 1.54) is 17.4 Å².